The number of piperidine rings is 1. The summed E-state index contributed by atoms with van der Waals surface area (Å²) in [6, 6.07) is 0.817. The fraction of sp³-hybridized carbons (Fsp3) is 0.429. The molecule has 1 fully saturated rings. The zero-order valence-corrected chi connectivity index (χ0v) is 11.6. The van der Waals surface area contributed by atoms with Crippen LogP contribution >= 0.6 is 0 Å². The fourth-order valence-corrected chi connectivity index (χ4v) is 2.37. The van der Waals surface area contributed by atoms with E-state index >= 15 is 0 Å². The van der Waals surface area contributed by atoms with Gasteiger partial charge in [0, 0.05) is 31.8 Å². The van der Waals surface area contributed by atoms with Crippen molar-refractivity contribution < 1.29 is 27.9 Å². The van der Waals surface area contributed by atoms with Gasteiger partial charge in [-0.2, -0.15) is 0 Å². The number of rotatable bonds is 2. The smallest absolute Gasteiger partial charge is 0.314 e. The SMILES string of the molecule is O=C(Nc1c(F)cc(F)cc1F)C(=O)N1CCCC(CO)C1. The average Bonchev–Trinajstić information content (AvgIpc) is 2.49. The minimum atomic E-state index is -1.30. The zero-order valence-electron chi connectivity index (χ0n) is 11.6. The molecule has 2 rings (SSSR count). The molecule has 1 aliphatic heterocycles. The molecule has 22 heavy (non-hydrogen) atoms. The fourth-order valence-electron chi connectivity index (χ4n) is 2.37. The molecule has 1 heterocycles. The molecule has 0 aromatic heterocycles. The van der Waals surface area contributed by atoms with Gasteiger partial charge in [0.25, 0.3) is 0 Å². The van der Waals surface area contributed by atoms with Gasteiger partial charge in [-0.3, -0.25) is 9.59 Å². The molecular formula is C14H15F3N2O3. The molecule has 2 amide bonds. The number of likely N-dealkylation sites (tertiary alicyclic amines) is 1. The second-order valence-corrected chi connectivity index (χ2v) is 5.14. The third-order valence-electron chi connectivity index (χ3n) is 3.50. The van der Waals surface area contributed by atoms with Crippen molar-refractivity contribution in [3.8, 4) is 0 Å². The molecular weight excluding hydrogens is 301 g/mol. The minimum Gasteiger partial charge on any atom is -0.396 e. The number of nitrogens with one attached hydrogen (secondary N) is 1. The highest BCUT2D eigenvalue weighted by Gasteiger charge is 2.28. The summed E-state index contributed by atoms with van der Waals surface area (Å²) in [5.74, 6) is -5.99. The highest BCUT2D eigenvalue weighted by atomic mass is 19.1. The first kappa shape index (κ1) is 16.3. The van der Waals surface area contributed by atoms with Crippen molar-refractivity contribution in [3.05, 3.63) is 29.6 Å². The van der Waals surface area contributed by atoms with Crippen LogP contribution in [0, 0.1) is 23.4 Å². The number of nitrogens with zero attached hydrogens (tertiary/aromatic N) is 1. The molecule has 0 bridgehead atoms. The Morgan fingerprint density at radius 1 is 1.27 bits per heavy atom. The molecule has 1 saturated heterocycles. The monoisotopic (exact) mass is 316 g/mol. The Hall–Kier alpha value is -2.09. The molecule has 1 aliphatic rings. The summed E-state index contributed by atoms with van der Waals surface area (Å²) in [5.41, 5.74) is -0.865. The third-order valence-corrected chi connectivity index (χ3v) is 3.50. The van der Waals surface area contributed by atoms with Gasteiger partial charge in [-0.05, 0) is 18.8 Å². The van der Waals surface area contributed by atoms with Gasteiger partial charge in [0.2, 0.25) is 0 Å². The maximum Gasteiger partial charge on any atom is 0.314 e. The van der Waals surface area contributed by atoms with Gasteiger partial charge in [0.1, 0.15) is 11.5 Å². The number of hydrogen-bond acceptors (Lipinski definition) is 3. The summed E-state index contributed by atoms with van der Waals surface area (Å²) < 4.78 is 39.7. The van der Waals surface area contributed by atoms with Crippen molar-refractivity contribution in [1.82, 2.24) is 4.90 Å². The normalized spacial score (nSPS) is 18.2. The van der Waals surface area contributed by atoms with Crippen LogP contribution < -0.4 is 5.32 Å². The van der Waals surface area contributed by atoms with Crippen LogP contribution in [0.5, 0.6) is 0 Å². The zero-order chi connectivity index (χ0) is 16.3. The summed E-state index contributed by atoms with van der Waals surface area (Å²) in [7, 11) is 0. The average molecular weight is 316 g/mol. The van der Waals surface area contributed by atoms with Gasteiger partial charge in [-0.1, -0.05) is 0 Å². The highest BCUT2D eigenvalue weighted by molar-refractivity contribution is 6.39. The molecule has 1 atom stereocenters. The topological polar surface area (TPSA) is 69.6 Å². The number of aliphatic hydroxyl groups is 1. The molecule has 1 aromatic carbocycles. The van der Waals surface area contributed by atoms with E-state index in [1.165, 1.54) is 4.90 Å². The van der Waals surface area contributed by atoms with Crippen molar-refractivity contribution in [2.75, 3.05) is 25.0 Å². The Balaban J connectivity index is 2.07. The van der Waals surface area contributed by atoms with Crippen LogP contribution in [0.1, 0.15) is 12.8 Å². The number of carbonyl (C=O) groups excluding carboxylic acids is 2. The number of carbonyl (C=O) groups is 2. The Labute approximate surface area is 124 Å². The van der Waals surface area contributed by atoms with E-state index in [2.05, 4.69) is 0 Å². The number of benzene rings is 1. The molecule has 0 spiro atoms. The summed E-state index contributed by atoms with van der Waals surface area (Å²) in [6.45, 7) is 0.431. The predicted octanol–water partition coefficient (Wildman–Crippen LogP) is 1.27. The van der Waals surface area contributed by atoms with Crippen LogP contribution in [0.2, 0.25) is 0 Å². The van der Waals surface area contributed by atoms with Crippen LogP contribution in [0.25, 0.3) is 0 Å². The van der Waals surface area contributed by atoms with Gasteiger partial charge in [0.05, 0.1) is 0 Å². The molecule has 120 valence electrons. The quantitative estimate of drug-likeness (QED) is 0.808. The van der Waals surface area contributed by atoms with E-state index in [4.69, 9.17) is 5.11 Å². The van der Waals surface area contributed by atoms with E-state index in [0.29, 0.717) is 25.1 Å². The molecule has 0 saturated carbocycles. The number of aliphatic hydroxyl groups excluding tert-OH is 1. The van der Waals surface area contributed by atoms with E-state index in [9.17, 15) is 22.8 Å². The van der Waals surface area contributed by atoms with E-state index in [0.717, 1.165) is 6.42 Å². The van der Waals surface area contributed by atoms with E-state index in [-0.39, 0.29) is 19.1 Å². The van der Waals surface area contributed by atoms with Gasteiger partial charge in [-0.15, -0.1) is 0 Å². The van der Waals surface area contributed by atoms with Crippen LogP contribution in [-0.2, 0) is 9.59 Å². The molecule has 0 aliphatic carbocycles. The molecule has 1 aromatic rings. The maximum atomic E-state index is 13.4. The van der Waals surface area contributed by atoms with E-state index in [1.807, 2.05) is 5.32 Å². The van der Waals surface area contributed by atoms with Gasteiger partial charge < -0.3 is 15.3 Å². The lowest BCUT2D eigenvalue weighted by Gasteiger charge is -2.31. The molecule has 2 N–H and O–H groups in total. The second-order valence-electron chi connectivity index (χ2n) is 5.14. The highest BCUT2D eigenvalue weighted by Crippen LogP contribution is 2.21. The van der Waals surface area contributed by atoms with Crippen molar-refractivity contribution in [3.63, 3.8) is 0 Å². The van der Waals surface area contributed by atoms with Crippen molar-refractivity contribution >= 4 is 17.5 Å². The van der Waals surface area contributed by atoms with E-state index < -0.39 is 35.0 Å². The molecule has 8 heteroatoms. The lowest BCUT2D eigenvalue weighted by Crippen LogP contribution is -2.46. The summed E-state index contributed by atoms with van der Waals surface area (Å²) in [6.07, 6.45) is 1.37. The Morgan fingerprint density at radius 3 is 2.50 bits per heavy atom. The number of halogens is 3. The minimum absolute atomic E-state index is 0.105. The largest absolute Gasteiger partial charge is 0.396 e. The van der Waals surface area contributed by atoms with Crippen molar-refractivity contribution in [2.24, 2.45) is 5.92 Å². The standard InChI is InChI=1S/C14H15F3N2O3/c15-9-4-10(16)12(11(17)5-9)18-13(21)14(22)19-3-1-2-8(6-19)7-20/h4-5,8,20H,1-3,6-7H2,(H,18,21). The van der Waals surface area contributed by atoms with Crippen LogP contribution in [0.4, 0.5) is 18.9 Å². The summed E-state index contributed by atoms with van der Waals surface area (Å²) in [5, 5.41) is 10.9. The first-order valence-electron chi connectivity index (χ1n) is 6.78. The number of amides is 2. The number of hydrogen-bond donors (Lipinski definition) is 2. The molecule has 1 unspecified atom stereocenters. The Kier molecular flexibility index (Phi) is 5.02. The van der Waals surface area contributed by atoms with Gasteiger partial charge in [-0.25, -0.2) is 13.2 Å². The van der Waals surface area contributed by atoms with Crippen LogP contribution in [0.3, 0.4) is 0 Å². The van der Waals surface area contributed by atoms with Crippen molar-refractivity contribution in [1.29, 1.82) is 0 Å². The third kappa shape index (κ3) is 3.56. The lowest BCUT2D eigenvalue weighted by molar-refractivity contribution is -0.144. The molecule has 0 radical (unpaired) electrons. The molecule has 5 nitrogen and oxygen atoms in total. The predicted molar refractivity (Wildman–Crippen MR) is 71.3 cm³/mol. The van der Waals surface area contributed by atoms with E-state index in [1.54, 1.807) is 0 Å². The van der Waals surface area contributed by atoms with Crippen LogP contribution in [0.15, 0.2) is 12.1 Å². The lowest BCUT2D eigenvalue weighted by atomic mass is 9.99. The van der Waals surface area contributed by atoms with Crippen molar-refractivity contribution in [2.45, 2.75) is 12.8 Å². The summed E-state index contributed by atoms with van der Waals surface area (Å²) >= 11 is 0. The Bertz CT molecular complexity index is 572. The maximum absolute atomic E-state index is 13.4. The number of anilines is 1. The first-order chi connectivity index (χ1) is 10.4. The Morgan fingerprint density at radius 2 is 1.91 bits per heavy atom. The second kappa shape index (κ2) is 6.78. The summed E-state index contributed by atoms with van der Waals surface area (Å²) in [4.78, 5) is 25.0. The first-order valence-corrected chi connectivity index (χ1v) is 6.78. The van der Waals surface area contributed by atoms with Gasteiger partial charge >= 0.3 is 11.8 Å². The van der Waals surface area contributed by atoms with Gasteiger partial charge in [0.15, 0.2) is 11.6 Å². The van der Waals surface area contributed by atoms with Crippen LogP contribution in [-0.4, -0.2) is 41.5 Å².